The minimum Gasteiger partial charge on any atom is -0.508 e. The van der Waals surface area contributed by atoms with E-state index in [1.807, 2.05) is 0 Å². The Hall–Kier alpha value is -5.24. The van der Waals surface area contributed by atoms with Crippen LogP contribution in [0.2, 0.25) is 0 Å². The van der Waals surface area contributed by atoms with Crippen LogP contribution in [-0.2, 0) is 46.3 Å². The molecule has 47 heavy (non-hydrogen) atoms. The highest BCUT2D eigenvalue weighted by molar-refractivity contribution is 5.94. The molecule has 8 N–H and O–H groups in total. The molecular weight excluding hydrogens is 608 g/mol. The maximum atomic E-state index is 13.0. The van der Waals surface area contributed by atoms with E-state index < -0.39 is 72.8 Å². The third-order valence-electron chi connectivity index (χ3n) is 6.89. The van der Waals surface area contributed by atoms with E-state index >= 15 is 0 Å². The Morgan fingerprint density at radius 3 is 1.94 bits per heavy atom. The molecule has 0 aliphatic rings. The van der Waals surface area contributed by atoms with Crippen LogP contribution in [0.15, 0.2) is 67.3 Å². The Kier molecular flexibility index (Phi) is 15.6. The lowest BCUT2D eigenvalue weighted by molar-refractivity contribution is -0.146. The van der Waals surface area contributed by atoms with Gasteiger partial charge in [0.2, 0.25) is 29.5 Å². The Morgan fingerprint density at radius 2 is 1.34 bits per heavy atom. The third-order valence-corrected chi connectivity index (χ3v) is 6.89. The Labute approximate surface area is 273 Å². The van der Waals surface area contributed by atoms with Crippen LogP contribution in [0.5, 0.6) is 5.75 Å². The van der Waals surface area contributed by atoms with Gasteiger partial charge in [0.25, 0.3) is 0 Å². The average molecular weight is 653 g/mol. The van der Waals surface area contributed by atoms with Crippen molar-refractivity contribution in [1.82, 2.24) is 26.6 Å². The molecule has 0 bridgehead atoms. The second-order valence-corrected chi connectivity index (χ2v) is 11.2. The van der Waals surface area contributed by atoms with Crippen LogP contribution in [-0.4, -0.2) is 84.5 Å². The lowest BCUT2D eigenvalue weighted by Gasteiger charge is -2.22. The topological polar surface area (TPSA) is 218 Å². The number of phenolic OH excluding ortho intramolecular Hbond substituents is 1. The number of aromatic hydroxyl groups is 1. The first kappa shape index (κ1) is 37.9. The molecule has 0 heterocycles. The fraction of sp³-hybridized carbons (Fsp3) is 0.394. The second kappa shape index (κ2) is 19.3. The van der Waals surface area contributed by atoms with Crippen molar-refractivity contribution in [3.05, 3.63) is 78.4 Å². The predicted octanol–water partition coefficient (Wildman–Crippen LogP) is -0.403. The van der Waals surface area contributed by atoms with E-state index in [-0.39, 0.29) is 31.1 Å². The molecule has 0 fully saturated rings. The van der Waals surface area contributed by atoms with Gasteiger partial charge >= 0.3 is 5.97 Å². The standard InChI is InChI=1S/C33H44N6O8/c1-5-15-47-33(46)21(4)37-31(44)26(16-22-9-7-6-8-10-22)38-28(42)19-35-27(41)18-36-30(43)25(39-32(45)29(34)20(2)3)17-23-11-13-24(40)14-12-23/h5-14,20-21,25-26,29,40H,1,15-19,34H2,2-4H3,(H,35,41)(H,36,43)(H,37,44)(H,38,42)(H,39,45)/t21-,25-,26-,29-/m0/s1. The van der Waals surface area contributed by atoms with Crippen LogP contribution in [0.25, 0.3) is 0 Å². The van der Waals surface area contributed by atoms with E-state index in [0.29, 0.717) is 5.56 Å². The van der Waals surface area contributed by atoms with Gasteiger partial charge in [-0.3, -0.25) is 24.0 Å². The summed E-state index contributed by atoms with van der Waals surface area (Å²) in [5.41, 5.74) is 7.31. The number of carbonyl (C=O) groups excluding carboxylic acids is 6. The number of benzene rings is 2. The molecular formula is C33H44N6O8. The monoisotopic (exact) mass is 652 g/mol. The summed E-state index contributed by atoms with van der Waals surface area (Å²) in [6.07, 6.45) is 1.55. The molecule has 0 unspecified atom stereocenters. The maximum absolute atomic E-state index is 13.0. The number of phenols is 1. The number of hydrogen-bond donors (Lipinski definition) is 7. The van der Waals surface area contributed by atoms with Crippen molar-refractivity contribution in [2.45, 2.75) is 57.8 Å². The molecule has 0 saturated heterocycles. The number of amides is 5. The smallest absolute Gasteiger partial charge is 0.328 e. The summed E-state index contributed by atoms with van der Waals surface area (Å²) in [6.45, 7) is 7.39. The first-order chi connectivity index (χ1) is 22.3. The SMILES string of the molecule is C=CCOC(=O)[C@H](C)NC(=O)[C@H](Cc1ccccc1)NC(=O)CNC(=O)CNC(=O)[C@H](Cc1ccc(O)cc1)NC(=O)[C@@H](N)C(C)C. The van der Waals surface area contributed by atoms with Gasteiger partial charge in [0.15, 0.2) is 0 Å². The van der Waals surface area contributed by atoms with Crippen LogP contribution in [0.1, 0.15) is 31.9 Å². The maximum Gasteiger partial charge on any atom is 0.328 e. The molecule has 0 aliphatic heterocycles. The summed E-state index contributed by atoms with van der Waals surface area (Å²) in [6, 6.07) is 10.9. The van der Waals surface area contributed by atoms with E-state index in [9.17, 15) is 33.9 Å². The van der Waals surface area contributed by atoms with Crippen LogP contribution < -0.4 is 32.3 Å². The van der Waals surface area contributed by atoms with Gasteiger partial charge in [0, 0.05) is 12.8 Å². The van der Waals surface area contributed by atoms with E-state index in [4.69, 9.17) is 10.5 Å². The van der Waals surface area contributed by atoms with Gasteiger partial charge in [-0.15, -0.1) is 0 Å². The van der Waals surface area contributed by atoms with Crippen molar-refractivity contribution in [1.29, 1.82) is 0 Å². The van der Waals surface area contributed by atoms with Crippen LogP contribution in [0, 0.1) is 5.92 Å². The minimum atomic E-state index is -1.09. The molecule has 14 nitrogen and oxygen atoms in total. The molecule has 0 aliphatic carbocycles. The summed E-state index contributed by atoms with van der Waals surface area (Å²) in [4.78, 5) is 76.0. The number of nitrogens with one attached hydrogen (secondary N) is 5. The quantitative estimate of drug-likeness (QED) is 0.0822. The Balaban J connectivity index is 1.98. The number of hydrogen-bond acceptors (Lipinski definition) is 9. The first-order valence-electron chi connectivity index (χ1n) is 15.1. The summed E-state index contributed by atoms with van der Waals surface area (Å²) in [5.74, 6) is -4.07. The summed E-state index contributed by atoms with van der Waals surface area (Å²) >= 11 is 0. The van der Waals surface area contributed by atoms with Gasteiger partial charge in [-0.25, -0.2) is 4.79 Å². The molecule has 0 spiro atoms. The van der Waals surface area contributed by atoms with Crippen molar-refractivity contribution >= 4 is 35.5 Å². The van der Waals surface area contributed by atoms with E-state index in [1.54, 1.807) is 56.3 Å². The van der Waals surface area contributed by atoms with Gasteiger partial charge in [-0.05, 0) is 36.1 Å². The van der Waals surface area contributed by atoms with Crippen molar-refractivity contribution < 1.29 is 38.6 Å². The second-order valence-electron chi connectivity index (χ2n) is 11.2. The van der Waals surface area contributed by atoms with E-state index in [2.05, 4.69) is 33.2 Å². The highest BCUT2D eigenvalue weighted by atomic mass is 16.5. The normalized spacial score (nSPS) is 13.2. The molecule has 0 saturated carbocycles. The van der Waals surface area contributed by atoms with Gasteiger partial charge < -0.3 is 42.2 Å². The molecule has 5 amide bonds. The first-order valence-corrected chi connectivity index (χ1v) is 15.1. The fourth-order valence-corrected chi connectivity index (χ4v) is 4.12. The number of ether oxygens (including phenoxy) is 1. The van der Waals surface area contributed by atoms with Gasteiger partial charge in [-0.2, -0.15) is 0 Å². The van der Waals surface area contributed by atoms with Crippen molar-refractivity contribution in [3.8, 4) is 5.75 Å². The van der Waals surface area contributed by atoms with Crippen molar-refractivity contribution in [2.24, 2.45) is 11.7 Å². The predicted molar refractivity (Wildman–Crippen MR) is 173 cm³/mol. The number of rotatable bonds is 18. The summed E-state index contributed by atoms with van der Waals surface area (Å²) < 4.78 is 4.95. The molecule has 2 aromatic rings. The molecule has 2 rings (SSSR count). The largest absolute Gasteiger partial charge is 0.508 e. The zero-order chi connectivity index (χ0) is 34.9. The number of carbonyl (C=O) groups is 6. The van der Waals surface area contributed by atoms with Gasteiger partial charge in [0.05, 0.1) is 19.1 Å². The van der Waals surface area contributed by atoms with Gasteiger partial charge in [0.1, 0.15) is 30.5 Å². The van der Waals surface area contributed by atoms with Crippen LogP contribution in [0.4, 0.5) is 0 Å². The Bertz CT molecular complexity index is 1380. The molecule has 0 radical (unpaired) electrons. The van der Waals surface area contributed by atoms with Gasteiger partial charge in [-0.1, -0.05) is 69.0 Å². The Morgan fingerprint density at radius 1 is 0.766 bits per heavy atom. The number of esters is 1. The van der Waals surface area contributed by atoms with Crippen LogP contribution in [0.3, 0.4) is 0 Å². The third kappa shape index (κ3) is 13.7. The zero-order valence-electron chi connectivity index (χ0n) is 26.8. The van der Waals surface area contributed by atoms with Crippen molar-refractivity contribution in [3.63, 3.8) is 0 Å². The van der Waals surface area contributed by atoms with Crippen LogP contribution >= 0.6 is 0 Å². The summed E-state index contributed by atoms with van der Waals surface area (Å²) in [7, 11) is 0. The highest BCUT2D eigenvalue weighted by Gasteiger charge is 2.27. The highest BCUT2D eigenvalue weighted by Crippen LogP contribution is 2.12. The molecule has 254 valence electrons. The fourth-order valence-electron chi connectivity index (χ4n) is 4.12. The number of nitrogens with two attached hydrogens (primary N) is 1. The molecule has 4 atom stereocenters. The zero-order valence-corrected chi connectivity index (χ0v) is 26.8. The molecule has 0 aromatic heterocycles. The van der Waals surface area contributed by atoms with Crippen molar-refractivity contribution in [2.75, 3.05) is 19.7 Å². The lowest BCUT2D eigenvalue weighted by Crippen LogP contribution is -2.55. The van der Waals surface area contributed by atoms with E-state index in [1.165, 1.54) is 25.1 Å². The molecule has 14 heteroatoms. The lowest BCUT2D eigenvalue weighted by atomic mass is 10.0. The average Bonchev–Trinajstić information content (AvgIpc) is 3.05. The molecule has 2 aromatic carbocycles. The van der Waals surface area contributed by atoms with E-state index in [0.717, 1.165) is 5.56 Å². The minimum absolute atomic E-state index is 0.0244. The summed E-state index contributed by atoms with van der Waals surface area (Å²) in [5, 5.41) is 22.1.